The molecule has 0 atom stereocenters. The number of nitrogens with one attached hydrogen (secondary N) is 2. The SMILES string of the molecule is CC(C)(C)[Si](C)(C)Oc1cccc(Nc2ncnc3cc(-c4ccc(C(=O)O)cc4)sc23)c1.CN1CCN(C(=O)c2ccc(-c3cc4ncnc(Nc5cccc(O[Si](C)(C)C(C)(C)C)c5)c4s3)cc2)CC1. The fourth-order valence-electron chi connectivity index (χ4n) is 7.36. The van der Waals surface area contributed by atoms with Gasteiger partial charge in [-0.15, -0.1) is 22.7 Å². The van der Waals surface area contributed by atoms with Gasteiger partial charge in [0, 0.05) is 65.0 Å². The highest BCUT2D eigenvalue weighted by Gasteiger charge is 2.40. The number of nitrogens with zero attached hydrogens (tertiary/aromatic N) is 6. The number of benzene rings is 4. The average molecular weight is 1040 g/mol. The largest absolute Gasteiger partial charge is 0.543 e. The number of anilines is 4. The van der Waals surface area contributed by atoms with Crippen LogP contribution in [0.3, 0.4) is 0 Å². The van der Waals surface area contributed by atoms with Crippen LogP contribution in [-0.2, 0) is 0 Å². The van der Waals surface area contributed by atoms with Crippen molar-refractivity contribution >= 4 is 94.6 Å². The summed E-state index contributed by atoms with van der Waals surface area (Å²) in [5.41, 5.74) is 6.54. The fourth-order valence-corrected chi connectivity index (χ4v) is 11.5. The minimum Gasteiger partial charge on any atom is -0.543 e. The quantitative estimate of drug-likeness (QED) is 0.0998. The van der Waals surface area contributed by atoms with E-state index in [4.69, 9.17) is 14.0 Å². The van der Waals surface area contributed by atoms with Crippen LogP contribution in [0.25, 0.3) is 41.3 Å². The number of fused-ring (bicyclic) bond motifs is 2. The van der Waals surface area contributed by atoms with E-state index in [0.717, 1.165) is 108 Å². The molecule has 0 spiro atoms. The Hall–Kier alpha value is -6.51. The summed E-state index contributed by atoms with van der Waals surface area (Å²) in [5.74, 6) is 2.38. The van der Waals surface area contributed by atoms with Crippen molar-refractivity contribution in [2.75, 3.05) is 43.9 Å². The van der Waals surface area contributed by atoms with Gasteiger partial charge in [0.05, 0.1) is 26.0 Å². The highest BCUT2D eigenvalue weighted by molar-refractivity contribution is 7.23. The highest BCUT2D eigenvalue weighted by atomic mass is 32.1. The van der Waals surface area contributed by atoms with Gasteiger partial charge in [0.2, 0.25) is 16.6 Å². The molecule has 72 heavy (non-hydrogen) atoms. The lowest BCUT2D eigenvalue weighted by atomic mass is 10.1. The lowest BCUT2D eigenvalue weighted by Crippen LogP contribution is -2.47. The molecule has 374 valence electrons. The molecule has 0 unspecified atom stereocenters. The molecule has 4 aromatic heterocycles. The van der Waals surface area contributed by atoms with Crippen molar-refractivity contribution in [2.45, 2.75) is 77.8 Å². The van der Waals surface area contributed by atoms with Crippen LogP contribution < -0.4 is 19.5 Å². The molecular formula is C55H64N8O5S2Si2. The normalized spacial score (nSPS) is 13.6. The molecule has 0 aliphatic carbocycles. The van der Waals surface area contributed by atoms with E-state index in [1.54, 1.807) is 47.5 Å². The smallest absolute Gasteiger partial charge is 0.335 e. The third kappa shape index (κ3) is 12.0. The molecule has 9 rings (SSSR count). The zero-order chi connectivity index (χ0) is 51.6. The molecule has 0 radical (unpaired) electrons. The number of thiophene rings is 2. The minimum absolute atomic E-state index is 0.100. The van der Waals surface area contributed by atoms with Gasteiger partial charge in [0.15, 0.2) is 11.6 Å². The number of amides is 1. The number of aromatic nitrogens is 4. The van der Waals surface area contributed by atoms with Crippen LogP contribution in [0.1, 0.15) is 62.3 Å². The minimum atomic E-state index is -1.94. The van der Waals surface area contributed by atoms with Gasteiger partial charge in [0.1, 0.15) is 24.2 Å². The van der Waals surface area contributed by atoms with Crippen LogP contribution in [0.2, 0.25) is 36.3 Å². The number of hydrogen-bond donors (Lipinski definition) is 3. The molecule has 1 saturated heterocycles. The van der Waals surface area contributed by atoms with E-state index in [2.05, 4.69) is 116 Å². The Balaban J connectivity index is 0.000000195. The second-order valence-electron chi connectivity index (χ2n) is 21.2. The van der Waals surface area contributed by atoms with Gasteiger partial charge in [0.25, 0.3) is 5.91 Å². The maximum atomic E-state index is 12.9. The zero-order valence-corrected chi connectivity index (χ0v) is 46.6. The number of carbonyl (C=O) groups excluding carboxylic acids is 1. The van der Waals surface area contributed by atoms with E-state index < -0.39 is 22.6 Å². The number of rotatable bonds is 12. The van der Waals surface area contributed by atoms with E-state index in [0.29, 0.717) is 0 Å². The highest BCUT2D eigenvalue weighted by Crippen LogP contribution is 2.42. The third-order valence-electron chi connectivity index (χ3n) is 13.8. The number of carbonyl (C=O) groups is 2. The number of likely N-dealkylation sites (N-methyl/N-ethyl adjacent to an activating group) is 1. The summed E-state index contributed by atoms with van der Waals surface area (Å²) < 4.78 is 14.9. The molecule has 5 heterocycles. The van der Waals surface area contributed by atoms with Gasteiger partial charge in [-0.1, -0.05) is 77.9 Å². The van der Waals surface area contributed by atoms with Crippen molar-refractivity contribution in [3.63, 3.8) is 0 Å². The standard InChI is InChI=1S/C30H37N5O2SSi.C25H27N3O3SSi/c1-30(2,3)39(5,6)37-24-9-7-8-23(18-24)33-28-27-25(31-20-32-28)19-26(38-27)21-10-12-22(13-11-21)29(36)35-16-14-34(4)15-17-35;1-25(2,3)33(4,5)31-19-8-6-7-18(13-19)28-23-22-20(26-15-27-23)14-21(32-22)16-9-11-17(12-10-16)24(29)30/h7-13,18-20H,14-17H2,1-6H3,(H,31,32,33);6-15H,1-5H3,(H,29,30)(H,26,27,28). The molecule has 0 saturated carbocycles. The van der Waals surface area contributed by atoms with E-state index in [1.165, 1.54) is 0 Å². The van der Waals surface area contributed by atoms with Crippen LogP contribution in [0.5, 0.6) is 11.5 Å². The average Bonchev–Trinajstić information content (AvgIpc) is 3.98. The van der Waals surface area contributed by atoms with Crippen LogP contribution in [0.4, 0.5) is 23.0 Å². The molecule has 0 bridgehead atoms. The first-order chi connectivity index (χ1) is 34.0. The lowest BCUT2D eigenvalue weighted by molar-refractivity contribution is 0.0662. The summed E-state index contributed by atoms with van der Waals surface area (Å²) >= 11 is 3.21. The summed E-state index contributed by atoms with van der Waals surface area (Å²) in [7, 11) is -1.79. The second-order valence-corrected chi connectivity index (χ2v) is 32.7. The molecular weight excluding hydrogens is 973 g/mol. The number of carboxylic acid groups (broad SMARTS) is 1. The molecule has 1 amide bonds. The first-order valence-electron chi connectivity index (χ1n) is 24.1. The van der Waals surface area contributed by atoms with Crippen LogP contribution in [-0.4, -0.2) is 96.6 Å². The second kappa shape index (κ2) is 20.9. The maximum Gasteiger partial charge on any atom is 0.335 e. The molecule has 3 N–H and O–H groups in total. The Morgan fingerprint density at radius 2 is 1.00 bits per heavy atom. The monoisotopic (exact) mass is 1040 g/mol. The van der Waals surface area contributed by atoms with Crippen molar-refractivity contribution < 1.29 is 23.5 Å². The van der Waals surface area contributed by atoms with E-state index >= 15 is 0 Å². The van der Waals surface area contributed by atoms with Gasteiger partial charge < -0.3 is 34.4 Å². The fraction of sp³-hybridized carbons (Fsp3) is 0.309. The summed E-state index contributed by atoms with van der Waals surface area (Å²) in [4.78, 5) is 48.3. The maximum absolute atomic E-state index is 12.9. The van der Waals surface area contributed by atoms with Crippen molar-refractivity contribution in [1.82, 2.24) is 29.7 Å². The number of hydrogen-bond acceptors (Lipinski definition) is 13. The number of carboxylic acids is 1. The molecule has 1 aliphatic rings. The first-order valence-corrected chi connectivity index (χ1v) is 31.5. The summed E-state index contributed by atoms with van der Waals surface area (Å²) in [5, 5.41) is 16.3. The van der Waals surface area contributed by atoms with Crippen molar-refractivity contribution in [1.29, 1.82) is 0 Å². The van der Waals surface area contributed by atoms with Crippen LogP contribution in [0.15, 0.2) is 122 Å². The third-order valence-corrected chi connectivity index (χ3v) is 24.9. The number of aromatic carboxylic acids is 1. The van der Waals surface area contributed by atoms with Gasteiger partial charge in [-0.05, 0) is 115 Å². The Morgan fingerprint density at radius 1 is 0.583 bits per heavy atom. The Kier molecular flexibility index (Phi) is 15.1. The van der Waals surface area contributed by atoms with Gasteiger partial charge in [-0.2, -0.15) is 0 Å². The van der Waals surface area contributed by atoms with Crippen LogP contribution >= 0.6 is 22.7 Å². The topological polar surface area (TPSA) is 155 Å². The molecule has 13 nitrogen and oxygen atoms in total. The zero-order valence-electron chi connectivity index (χ0n) is 43.0. The summed E-state index contributed by atoms with van der Waals surface area (Å²) in [6.07, 6.45) is 3.14. The Labute approximate surface area is 432 Å². The van der Waals surface area contributed by atoms with Crippen LogP contribution in [0, 0.1) is 0 Å². The Morgan fingerprint density at radius 3 is 1.40 bits per heavy atom. The van der Waals surface area contributed by atoms with Gasteiger partial charge in [-0.3, -0.25) is 4.79 Å². The predicted molar refractivity (Wildman–Crippen MR) is 301 cm³/mol. The summed E-state index contributed by atoms with van der Waals surface area (Å²) in [6.45, 7) is 25.7. The Bertz CT molecular complexity index is 3210. The molecule has 1 fully saturated rings. The molecule has 4 aromatic carbocycles. The van der Waals surface area contributed by atoms with E-state index in [9.17, 15) is 9.59 Å². The summed E-state index contributed by atoms with van der Waals surface area (Å²) in [6, 6.07) is 34.9. The van der Waals surface area contributed by atoms with Crippen molar-refractivity contribution in [3.8, 4) is 32.4 Å². The predicted octanol–water partition coefficient (Wildman–Crippen LogP) is 14.1. The lowest BCUT2D eigenvalue weighted by Gasteiger charge is -2.36. The van der Waals surface area contributed by atoms with Crippen molar-refractivity contribution in [3.05, 3.63) is 133 Å². The van der Waals surface area contributed by atoms with Gasteiger partial charge in [-0.25, -0.2) is 24.7 Å². The molecule has 17 heteroatoms. The van der Waals surface area contributed by atoms with E-state index in [-0.39, 0.29) is 21.5 Å². The first kappa shape index (κ1) is 51.8. The van der Waals surface area contributed by atoms with E-state index in [1.807, 2.05) is 95.9 Å². The van der Waals surface area contributed by atoms with Crippen molar-refractivity contribution in [2.24, 2.45) is 0 Å². The molecule has 1 aliphatic heterocycles. The number of piperazine rings is 1. The van der Waals surface area contributed by atoms with Gasteiger partial charge >= 0.3 is 5.97 Å². The molecule has 8 aromatic rings.